The molecular formula is C17H18F2N2O3. The number of benzene rings is 1. The molecule has 7 heteroatoms. The van der Waals surface area contributed by atoms with Crippen molar-refractivity contribution >= 4 is 11.7 Å². The summed E-state index contributed by atoms with van der Waals surface area (Å²) in [5.74, 6) is -1.52. The van der Waals surface area contributed by atoms with Gasteiger partial charge in [-0.2, -0.15) is 0 Å². The van der Waals surface area contributed by atoms with E-state index in [1.165, 1.54) is 12.3 Å². The van der Waals surface area contributed by atoms with Crippen molar-refractivity contribution in [3.63, 3.8) is 0 Å². The summed E-state index contributed by atoms with van der Waals surface area (Å²) < 4.78 is 31.3. The second-order valence-electron chi connectivity index (χ2n) is 5.82. The summed E-state index contributed by atoms with van der Waals surface area (Å²) in [7, 11) is 0. The summed E-state index contributed by atoms with van der Waals surface area (Å²) in [6.45, 7) is 0.547. The molecular weight excluding hydrogens is 318 g/mol. The largest absolute Gasteiger partial charge is 0.467 e. The molecule has 2 N–H and O–H groups in total. The summed E-state index contributed by atoms with van der Waals surface area (Å²) in [5.41, 5.74) is 0.191. The van der Waals surface area contributed by atoms with Gasteiger partial charge < -0.3 is 19.7 Å². The van der Waals surface area contributed by atoms with Crippen molar-refractivity contribution in [3.05, 3.63) is 54.0 Å². The van der Waals surface area contributed by atoms with Gasteiger partial charge in [-0.05, 0) is 37.1 Å². The second-order valence-corrected chi connectivity index (χ2v) is 5.82. The van der Waals surface area contributed by atoms with E-state index in [1.54, 1.807) is 17.0 Å². The van der Waals surface area contributed by atoms with Crippen LogP contribution in [0.25, 0.3) is 0 Å². The van der Waals surface area contributed by atoms with Crippen LogP contribution in [0.15, 0.2) is 41.0 Å². The summed E-state index contributed by atoms with van der Waals surface area (Å²) in [4.78, 5) is 14.0. The minimum atomic E-state index is -1.01. The first-order valence-electron chi connectivity index (χ1n) is 7.78. The van der Waals surface area contributed by atoms with E-state index < -0.39 is 23.8 Å². The van der Waals surface area contributed by atoms with Gasteiger partial charge in [-0.25, -0.2) is 13.6 Å². The van der Waals surface area contributed by atoms with Gasteiger partial charge >= 0.3 is 6.03 Å². The Labute approximate surface area is 137 Å². The molecule has 3 rings (SSSR count). The van der Waals surface area contributed by atoms with E-state index in [0.717, 1.165) is 25.0 Å². The molecule has 128 valence electrons. The van der Waals surface area contributed by atoms with Gasteiger partial charge in [-0.15, -0.1) is 0 Å². The smallest absolute Gasteiger partial charge is 0.322 e. The number of carbonyl (C=O) groups excluding carboxylic acids is 1. The maximum atomic E-state index is 13.2. The number of aliphatic hydroxyl groups excluding tert-OH is 1. The molecule has 0 bridgehead atoms. The van der Waals surface area contributed by atoms with Gasteiger partial charge in [-0.3, -0.25) is 0 Å². The minimum Gasteiger partial charge on any atom is -0.467 e. The van der Waals surface area contributed by atoms with Gasteiger partial charge in [0.1, 0.15) is 11.9 Å². The van der Waals surface area contributed by atoms with E-state index in [4.69, 9.17) is 4.42 Å². The lowest BCUT2D eigenvalue weighted by Gasteiger charge is -2.26. The minimum absolute atomic E-state index is 0.143. The fraction of sp³-hybridized carbons (Fsp3) is 0.353. The molecule has 1 aromatic carbocycles. The van der Waals surface area contributed by atoms with Crippen molar-refractivity contribution in [1.29, 1.82) is 0 Å². The van der Waals surface area contributed by atoms with Gasteiger partial charge in [0.15, 0.2) is 11.6 Å². The quantitative estimate of drug-likeness (QED) is 0.895. The number of urea groups is 1. The van der Waals surface area contributed by atoms with E-state index in [0.29, 0.717) is 18.7 Å². The first-order chi connectivity index (χ1) is 11.5. The number of aliphatic hydroxyl groups is 1. The van der Waals surface area contributed by atoms with Crippen molar-refractivity contribution in [1.82, 2.24) is 4.90 Å². The molecule has 2 atom stereocenters. The van der Waals surface area contributed by atoms with Crippen LogP contribution >= 0.6 is 0 Å². The van der Waals surface area contributed by atoms with Crippen LogP contribution in [-0.2, 0) is 0 Å². The lowest BCUT2D eigenvalue weighted by atomic mass is 10.1. The second kappa shape index (κ2) is 7.00. The summed E-state index contributed by atoms with van der Waals surface area (Å²) in [6.07, 6.45) is 2.64. The molecule has 2 amide bonds. The molecule has 2 unspecified atom stereocenters. The Kier molecular flexibility index (Phi) is 4.80. The fourth-order valence-electron chi connectivity index (χ4n) is 2.97. The number of likely N-dealkylation sites (tertiary alicyclic amines) is 1. The van der Waals surface area contributed by atoms with Crippen molar-refractivity contribution in [2.45, 2.75) is 31.4 Å². The third-order valence-corrected chi connectivity index (χ3v) is 4.18. The average molecular weight is 336 g/mol. The van der Waals surface area contributed by atoms with Crippen LogP contribution in [-0.4, -0.2) is 28.6 Å². The molecule has 0 aliphatic carbocycles. The molecule has 1 aliphatic rings. The Hall–Kier alpha value is -2.41. The number of amides is 2. The number of hydrogen-bond donors (Lipinski definition) is 2. The lowest BCUT2D eigenvalue weighted by Crippen LogP contribution is -2.39. The Morgan fingerprint density at radius 3 is 2.92 bits per heavy atom. The van der Waals surface area contributed by atoms with Crippen molar-refractivity contribution in [2.75, 3.05) is 11.9 Å². The Balaban J connectivity index is 1.63. The molecule has 1 saturated heterocycles. The van der Waals surface area contributed by atoms with Gasteiger partial charge in [0, 0.05) is 30.8 Å². The van der Waals surface area contributed by atoms with E-state index in [9.17, 15) is 18.7 Å². The first kappa shape index (κ1) is 16.4. The Bertz CT molecular complexity index is 706. The zero-order valence-corrected chi connectivity index (χ0v) is 12.9. The first-order valence-corrected chi connectivity index (χ1v) is 7.78. The molecule has 1 fully saturated rings. The van der Waals surface area contributed by atoms with Gasteiger partial charge in [0.2, 0.25) is 0 Å². The molecule has 24 heavy (non-hydrogen) atoms. The highest BCUT2D eigenvalue weighted by molar-refractivity contribution is 5.89. The van der Waals surface area contributed by atoms with E-state index in [-0.39, 0.29) is 11.7 Å². The summed E-state index contributed by atoms with van der Waals surface area (Å²) in [6, 6.07) is 6.05. The highest BCUT2D eigenvalue weighted by Gasteiger charge is 2.31. The number of anilines is 1. The van der Waals surface area contributed by atoms with E-state index >= 15 is 0 Å². The molecule has 0 saturated carbocycles. The zero-order chi connectivity index (χ0) is 17.1. The molecule has 0 radical (unpaired) electrons. The molecule has 0 spiro atoms. The number of furan rings is 1. The van der Waals surface area contributed by atoms with Crippen LogP contribution in [0, 0.1) is 11.6 Å². The zero-order valence-electron chi connectivity index (χ0n) is 12.9. The van der Waals surface area contributed by atoms with Gasteiger partial charge in [-0.1, -0.05) is 0 Å². The molecule has 1 aromatic heterocycles. The third-order valence-electron chi connectivity index (χ3n) is 4.18. The number of nitrogens with zero attached hydrogens (tertiary/aromatic N) is 1. The molecule has 2 heterocycles. The molecule has 2 aromatic rings. The monoisotopic (exact) mass is 336 g/mol. The van der Waals surface area contributed by atoms with Crippen molar-refractivity contribution < 1.29 is 23.1 Å². The normalized spacial score (nSPS) is 18.6. The summed E-state index contributed by atoms with van der Waals surface area (Å²) >= 11 is 0. The maximum absolute atomic E-state index is 13.2. The number of nitrogens with one attached hydrogen (secondary N) is 1. The Morgan fingerprint density at radius 2 is 2.21 bits per heavy atom. The van der Waals surface area contributed by atoms with Crippen molar-refractivity contribution in [2.24, 2.45) is 0 Å². The molecule has 5 nitrogen and oxygen atoms in total. The number of halogens is 2. The average Bonchev–Trinajstić information content (AvgIpc) is 3.22. The van der Waals surface area contributed by atoms with Crippen LogP contribution < -0.4 is 5.32 Å². The standard InChI is InChI=1S/C17H18F2N2O3/c18-13-6-5-11(9-14(13)19)20-17(23)21-7-1-3-12(21)10-15(22)16-4-2-8-24-16/h2,4-6,8-9,12,15,22H,1,3,7,10H2,(H,20,23). The van der Waals surface area contributed by atoms with Gasteiger partial charge in [0.25, 0.3) is 0 Å². The third kappa shape index (κ3) is 3.56. The van der Waals surface area contributed by atoms with E-state index in [1.807, 2.05) is 0 Å². The predicted octanol–water partition coefficient (Wildman–Crippen LogP) is 3.68. The fourth-order valence-corrected chi connectivity index (χ4v) is 2.97. The highest BCUT2D eigenvalue weighted by Crippen LogP contribution is 2.28. The van der Waals surface area contributed by atoms with Crippen LogP contribution in [0.5, 0.6) is 0 Å². The van der Waals surface area contributed by atoms with Crippen LogP contribution in [0.4, 0.5) is 19.3 Å². The number of carbonyl (C=O) groups is 1. The predicted molar refractivity (Wildman–Crippen MR) is 83.4 cm³/mol. The Morgan fingerprint density at radius 1 is 1.38 bits per heavy atom. The summed E-state index contributed by atoms with van der Waals surface area (Å²) in [5, 5.41) is 12.7. The van der Waals surface area contributed by atoms with Gasteiger partial charge in [0.05, 0.1) is 6.26 Å². The lowest BCUT2D eigenvalue weighted by molar-refractivity contribution is 0.110. The van der Waals surface area contributed by atoms with Crippen molar-refractivity contribution in [3.8, 4) is 0 Å². The highest BCUT2D eigenvalue weighted by atomic mass is 19.2. The number of rotatable bonds is 4. The molecule has 1 aliphatic heterocycles. The van der Waals surface area contributed by atoms with Crippen LogP contribution in [0.3, 0.4) is 0 Å². The maximum Gasteiger partial charge on any atom is 0.322 e. The SMILES string of the molecule is O=C(Nc1ccc(F)c(F)c1)N1CCCC1CC(O)c1ccco1. The van der Waals surface area contributed by atoms with E-state index in [2.05, 4.69) is 5.32 Å². The topological polar surface area (TPSA) is 65.7 Å². The number of hydrogen-bond acceptors (Lipinski definition) is 3. The van der Waals surface area contributed by atoms with Crippen LogP contribution in [0.2, 0.25) is 0 Å². The van der Waals surface area contributed by atoms with Crippen LogP contribution in [0.1, 0.15) is 31.1 Å².